The molecule has 0 radical (unpaired) electrons. The second kappa shape index (κ2) is 8.98. The fourth-order valence-corrected chi connectivity index (χ4v) is 4.04. The lowest BCUT2D eigenvalue weighted by Gasteiger charge is -2.31. The van der Waals surface area contributed by atoms with E-state index in [0.29, 0.717) is 16.6 Å². The number of rotatable bonds is 5. The van der Waals surface area contributed by atoms with Crippen molar-refractivity contribution in [2.75, 3.05) is 20.2 Å². The Morgan fingerprint density at radius 2 is 1.78 bits per heavy atom. The van der Waals surface area contributed by atoms with Crippen molar-refractivity contribution in [3.63, 3.8) is 0 Å². The number of benzene rings is 2. The fourth-order valence-electron chi connectivity index (χ4n) is 4.04. The molecular weight excluding hydrogens is 417 g/mol. The fraction of sp³-hybridized carbons (Fsp3) is 0.400. The summed E-state index contributed by atoms with van der Waals surface area (Å²) in [6.07, 6.45) is 5.48. The average Bonchev–Trinajstić information content (AvgIpc) is 3.36. The van der Waals surface area contributed by atoms with Gasteiger partial charge < -0.3 is 15.0 Å². The molecule has 2 aromatic carbocycles. The largest absolute Gasteiger partial charge is 0.396 e. The van der Waals surface area contributed by atoms with E-state index in [1.165, 1.54) is 24.6 Å². The lowest BCUT2D eigenvalue weighted by molar-refractivity contribution is -0.137. The number of nitrogens with one attached hydrogen (secondary N) is 1. The number of carbonyl (C=O) groups excluding carboxylic acids is 1. The molecule has 0 bridgehead atoms. The monoisotopic (exact) mass is 444 g/mol. The summed E-state index contributed by atoms with van der Waals surface area (Å²) in [5, 5.41) is 9.61. The van der Waals surface area contributed by atoms with Gasteiger partial charge >= 0.3 is 0 Å². The molecule has 1 amide bonds. The minimum atomic E-state index is -0.640. The molecule has 1 heterocycles. The van der Waals surface area contributed by atoms with Crippen LogP contribution in [0.5, 0.6) is 0 Å². The molecule has 2 aliphatic carbocycles. The Kier molecular flexibility index (Phi) is 6.29. The molecular formula is C25H27F3N2O2. The predicted octanol–water partition coefficient (Wildman–Crippen LogP) is 5.27. The zero-order valence-corrected chi connectivity index (χ0v) is 18.0. The number of halogens is 3. The Balaban J connectivity index is 0.000000158. The maximum Gasteiger partial charge on any atom is 0.225 e. The zero-order valence-electron chi connectivity index (χ0n) is 18.0. The summed E-state index contributed by atoms with van der Waals surface area (Å²) in [4.78, 5) is 16.5. The van der Waals surface area contributed by atoms with E-state index in [4.69, 9.17) is 5.11 Å². The van der Waals surface area contributed by atoms with Crippen LogP contribution in [0.25, 0.3) is 22.2 Å². The Morgan fingerprint density at radius 1 is 1.09 bits per heavy atom. The molecule has 0 unspecified atom stereocenters. The van der Waals surface area contributed by atoms with Crippen LogP contribution in [0.3, 0.4) is 0 Å². The predicted molar refractivity (Wildman–Crippen MR) is 117 cm³/mol. The third-order valence-electron chi connectivity index (χ3n) is 6.50. The van der Waals surface area contributed by atoms with Crippen molar-refractivity contribution in [2.45, 2.75) is 32.1 Å². The van der Waals surface area contributed by atoms with Crippen LogP contribution in [0.2, 0.25) is 0 Å². The van der Waals surface area contributed by atoms with Gasteiger partial charge in [-0.3, -0.25) is 4.79 Å². The first kappa shape index (κ1) is 22.4. The summed E-state index contributed by atoms with van der Waals surface area (Å²) in [7, 11) is 1.87. The van der Waals surface area contributed by atoms with Crippen LogP contribution in [0, 0.1) is 28.8 Å². The highest BCUT2D eigenvalue weighted by atomic mass is 19.1. The summed E-state index contributed by atoms with van der Waals surface area (Å²) >= 11 is 0. The number of fused-ring (bicyclic) bond motifs is 1. The lowest BCUT2D eigenvalue weighted by atomic mass is 9.84. The maximum atomic E-state index is 13.5. The van der Waals surface area contributed by atoms with E-state index in [2.05, 4.69) is 4.98 Å². The van der Waals surface area contributed by atoms with Crippen LogP contribution in [0.4, 0.5) is 13.2 Å². The van der Waals surface area contributed by atoms with Crippen molar-refractivity contribution in [1.29, 1.82) is 0 Å². The number of amides is 1. The number of aliphatic hydroxyl groups is 1. The second-order valence-electron chi connectivity index (χ2n) is 9.02. The van der Waals surface area contributed by atoms with E-state index in [0.717, 1.165) is 38.3 Å². The minimum absolute atomic E-state index is 0.0636. The zero-order chi connectivity index (χ0) is 22.9. The molecule has 3 aromatic rings. The van der Waals surface area contributed by atoms with Gasteiger partial charge in [-0.25, -0.2) is 13.2 Å². The first-order valence-corrected chi connectivity index (χ1v) is 10.9. The Labute approximate surface area is 185 Å². The summed E-state index contributed by atoms with van der Waals surface area (Å²) < 4.78 is 39.4. The van der Waals surface area contributed by atoms with Crippen LogP contribution in [-0.2, 0) is 4.79 Å². The van der Waals surface area contributed by atoms with Gasteiger partial charge in [-0.15, -0.1) is 0 Å². The van der Waals surface area contributed by atoms with Gasteiger partial charge in [-0.05, 0) is 67.6 Å². The van der Waals surface area contributed by atoms with E-state index >= 15 is 0 Å². The first-order valence-electron chi connectivity index (χ1n) is 10.9. The topological polar surface area (TPSA) is 56.3 Å². The van der Waals surface area contributed by atoms with Gasteiger partial charge in [-0.2, -0.15) is 0 Å². The van der Waals surface area contributed by atoms with Crippen molar-refractivity contribution in [3.8, 4) is 11.3 Å². The molecule has 2 N–H and O–H groups in total. The van der Waals surface area contributed by atoms with Gasteiger partial charge in [0.2, 0.25) is 5.91 Å². The molecule has 7 heteroatoms. The number of aromatic nitrogens is 1. The van der Waals surface area contributed by atoms with Crippen molar-refractivity contribution >= 4 is 16.8 Å². The second-order valence-corrected chi connectivity index (χ2v) is 9.02. The molecule has 0 spiro atoms. The summed E-state index contributed by atoms with van der Waals surface area (Å²) in [6.45, 7) is 0.980. The minimum Gasteiger partial charge on any atom is -0.396 e. The van der Waals surface area contributed by atoms with Crippen LogP contribution in [0.15, 0.2) is 42.5 Å². The quantitative estimate of drug-likeness (QED) is 0.563. The van der Waals surface area contributed by atoms with Crippen LogP contribution in [-0.4, -0.2) is 41.1 Å². The van der Waals surface area contributed by atoms with Crippen LogP contribution >= 0.6 is 0 Å². The van der Waals surface area contributed by atoms with E-state index in [1.54, 1.807) is 18.2 Å². The smallest absolute Gasteiger partial charge is 0.225 e. The molecule has 2 fully saturated rings. The number of carbonyl (C=O) groups is 1. The van der Waals surface area contributed by atoms with Crippen molar-refractivity contribution in [1.82, 2.24) is 9.88 Å². The highest BCUT2D eigenvalue weighted by Gasteiger charge is 2.44. The molecule has 2 aliphatic rings. The summed E-state index contributed by atoms with van der Waals surface area (Å²) in [5.41, 5.74) is 1.64. The molecule has 0 atom stereocenters. The van der Waals surface area contributed by atoms with Crippen LogP contribution < -0.4 is 0 Å². The number of hydrogen-bond acceptors (Lipinski definition) is 2. The van der Waals surface area contributed by atoms with E-state index in [1.807, 2.05) is 11.9 Å². The van der Waals surface area contributed by atoms with E-state index < -0.39 is 11.6 Å². The Bertz CT molecular complexity index is 1100. The summed E-state index contributed by atoms with van der Waals surface area (Å²) in [6, 6.07) is 9.50. The normalized spacial score (nSPS) is 16.8. The molecule has 4 nitrogen and oxygen atoms in total. The molecule has 0 aliphatic heterocycles. The van der Waals surface area contributed by atoms with Gasteiger partial charge in [0.1, 0.15) is 17.5 Å². The van der Waals surface area contributed by atoms with Gasteiger partial charge in [0.05, 0.1) is 12.1 Å². The summed E-state index contributed by atoms with van der Waals surface area (Å²) in [5.74, 6) is -1.03. The lowest BCUT2D eigenvalue weighted by Crippen LogP contribution is -2.40. The van der Waals surface area contributed by atoms with Crippen molar-refractivity contribution in [3.05, 3.63) is 59.9 Å². The highest BCUT2D eigenvalue weighted by molar-refractivity contribution is 5.86. The Hall–Kier alpha value is -2.80. The van der Waals surface area contributed by atoms with Crippen LogP contribution in [0.1, 0.15) is 32.1 Å². The van der Waals surface area contributed by atoms with Gasteiger partial charge in [-0.1, -0.05) is 6.42 Å². The molecule has 32 heavy (non-hydrogen) atoms. The maximum absolute atomic E-state index is 13.5. The SMILES string of the molecule is CN(CC1(CO)CC1)C(=O)C1CCC1.Fc1ccc(-c2cc3cc(F)cc(F)c3[nH]2)cc1. The molecule has 170 valence electrons. The van der Waals surface area contributed by atoms with Gasteiger partial charge in [0, 0.05) is 42.1 Å². The van der Waals surface area contributed by atoms with Gasteiger partial charge in [0.15, 0.2) is 0 Å². The molecule has 5 rings (SSSR count). The molecule has 2 saturated carbocycles. The number of hydrogen-bond donors (Lipinski definition) is 2. The third-order valence-corrected chi connectivity index (χ3v) is 6.50. The van der Waals surface area contributed by atoms with Gasteiger partial charge in [0.25, 0.3) is 0 Å². The number of H-pyrrole nitrogens is 1. The number of aliphatic hydroxyl groups excluding tert-OH is 1. The molecule has 0 saturated heterocycles. The van der Waals surface area contributed by atoms with Crippen molar-refractivity contribution < 1.29 is 23.1 Å². The first-order chi connectivity index (χ1) is 15.3. The number of nitrogens with zero attached hydrogens (tertiary/aromatic N) is 1. The van der Waals surface area contributed by atoms with Crippen molar-refractivity contribution in [2.24, 2.45) is 11.3 Å². The van der Waals surface area contributed by atoms with E-state index in [9.17, 15) is 18.0 Å². The third kappa shape index (κ3) is 4.83. The van der Waals surface area contributed by atoms with E-state index in [-0.39, 0.29) is 35.2 Å². The number of aromatic amines is 1. The molecule has 1 aromatic heterocycles. The highest BCUT2D eigenvalue weighted by Crippen LogP contribution is 2.45. The average molecular weight is 444 g/mol. The standard InChI is InChI=1S/C14H8F3N.C11H19NO2/c15-10-3-1-8(2-4-10)13-6-9-5-11(16)7-12(17)14(9)18-13;1-12(7-11(8-13)5-6-11)10(14)9-3-2-4-9/h1-7,18H;9,13H,2-8H2,1H3. The Morgan fingerprint density at radius 3 is 2.34 bits per heavy atom.